The summed E-state index contributed by atoms with van der Waals surface area (Å²) in [5, 5.41) is 0. The first-order valence-electron chi connectivity index (χ1n) is 15.8. The minimum atomic E-state index is 0. The van der Waals surface area contributed by atoms with Gasteiger partial charge in [-0.05, 0) is 73.7 Å². The number of halogens is 1. The Labute approximate surface area is 268 Å². The van der Waals surface area contributed by atoms with Gasteiger partial charge in [0.2, 0.25) is 0 Å². The molecule has 3 aromatic heterocycles. The Hall–Kier alpha value is -2.93. The van der Waals surface area contributed by atoms with Gasteiger partial charge in [-0.1, -0.05) is 102 Å². The van der Waals surface area contributed by atoms with Crippen LogP contribution in [0.2, 0.25) is 0 Å². The third-order valence-electron chi connectivity index (χ3n) is 8.82. The van der Waals surface area contributed by atoms with E-state index in [2.05, 4.69) is 79.7 Å². The number of hydrogen-bond acceptors (Lipinski definition) is 3. The molecule has 0 radical (unpaired) electrons. The number of nitrogens with zero attached hydrogens (tertiary/aromatic N) is 4. The third kappa shape index (κ3) is 6.20. The quantitative estimate of drug-likeness (QED) is 0.225. The monoisotopic (exact) mass is 661 g/mol. The van der Waals surface area contributed by atoms with Gasteiger partial charge in [-0.15, -0.1) is 22.1 Å². The Kier molecular flexibility index (Phi) is 12.2. The Morgan fingerprint density at radius 1 is 0.442 bits per heavy atom. The summed E-state index contributed by atoms with van der Waals surface area (Å²) in [4.78, 5) is 21.0. The molecule has 3 aromatic rings. The van der Waals surface area contributed by atoms with E-state index in [1.807, 2.05) is 0 Å². The average molecular weight is 662 g/mol. The predicted molar refractivity (Wildman–Crippen MR) is 174 cm³/mol. The van der Waals surface area contributed by atoms with Gasteiger partial charge in [0.05, 0.1) is 22.8 Å². The van der Waals surface area contributed by atoms with E-state index >= 15 is 0 Å². The number of aryl methyl sites for hydroxylation is 4. The molecule has 5 heterocycles. The summed E-state index contributed by atoms with van der Waals surface area (Å²) in [6, 6.07) is 8.98. The molecule has 0 atom stereocenters. The van der Waals surface area contributed by atoms with Crippen LogP contribution >= 0.6 is 0 Å². The number of hydrogen-bond donors (Lipinski definition) is 0. The van der Waals surface area contributed by atoms with Crippen LogP contribution in [0, 0.1) is 0 Å². The normalized spacial score (nSPS) is 12.7. The Morgan fingerprint density at radius 3 is 0.814 bits per heavy atom. The van der Waals surface area contributed by atoms with Crippen molar-refractivity contribution in [3.05, 3.63) is 69.3 Å². The van der Waals surface area contributed by atoms with Crippen LogP contribution in [0.15, 0.2) is 24.3 Å². The van der Waals surface area contributed by atoms with Gasteiger partial charge in [0, 0.05) is 0 Å². The van der Waals surface area contributed by atoms with Gasteiger partial charge in [0.25, 0.3) is 0 Å². The SMILES string of the molecule is CCC1=C(CC)c2cc3[n-]c(cc4nc(cc5[n-]c(cc1n2)c(CC)c5CC)C(CC)=C4CC)c(CC)c3CC.F.[O]=[Nb]. The van der Waals surface area contributed by atoms with Crippen LogP contribution in [0.1, 0.15) is 126 Å². The van der Waals surface area contributed by atoms with Gasteiger partial charge in [0.15, 0.2) is 0 Å². The Bertz CT molecular complexity index is 1470. The van der Waals surface area contributed by atoms with E-state index < -0.39 is 0 Å². The van der Waals surface area contributed by atoms with Crippen molar-refractivity contribution >= 4 is 44.4 Å². The van der Waals surface area contributed by atoms with E-state index in [0.29, 0.717) is 21.0 Å². The number of aromatic nitrogens is 4. The fraction of sp³-hybridized carbons (Fsp3) is 0.444. The molecule has 0 amide bonds. The zero-order valence-corrected chi connectivity index (χ0v) is 29.2. The fourth-order valence-electron chi connectivity index (χ4n) is 6.92. The summed E-state index contributed by atoms with van der Waals surface area (Å²) in [6.07, 6.45) is 7.60. The maximum absolute atomic E-state index is 8.30. The summed E-state index contributed by atoms with van der Waals surface area (Å²) < 4.78 is 8.30. The van der Waals surface area contributed by atoms with Gasteiger partial charge in [-0.3, -0.25) is 4.70 Å². The second-order valence-electron chi connectivity index (χ2n) is 10.8. The summed E-state index contributed by atoms with van der Waals surface area (Å²) >= 11 is 0.500. The van der Waals surface area contributed by atoms with Crippen molar-refractivity contribution in [2.24, 2.45) is 0 Å². The summed E-state index contributed by atoms with van der Waals surface area (Å²) in [6.45, 7) is 17.9. The van der Waals surface area contributed by atoms with Crippen LogP contribution in [0.25, 0.3) is 44.4 Å². The summed E-state index contributed by atoms with van der Waals surface area (Å²) in [5.41, 5.74) is 19.1. The second kappa shape index (κ2) is 15.2. The van der Waals surface area contributed by atoms with Crippen molar-refractivity contribution in [1.82, 2.24) is 19.9 Å². The van der Waals surface area contributed by atoms with E-state index in [0.717, 1.165) is 96.2 Å². The Balaban J connectivity index is 0.00000165. The molecular weight excluding hydrogens is 616 g/mol. The molecule has 2 aliphatic heterocycles. The molecule has 0 saturated heterocycles. The molecule has 0 N–H and O–H groups in total. The van der Waals surface area contributed by atoms with Crippen LogP contribution < -0.4 is 9.97 Å². The van der Waals surface area contributed by atoms with E-state index in [-0.39, 0.29) is 4.70 Å². The van der Waals surface area contributed by atoms with E-state index in [1.54, 1.807) is 0 Å². The van der Waals surface area contributed by atoms with E-state index in [9.17, 15) is 0 Å². The standard InChI is InChI=1S/C36H44N4.FH.Nb.O/c1-9-21-22(10-2)30-18-32-25(13-5)26(14-6)34(39-32)20-36-28(16-8)27(15-7)35(40-36)19-33-24(12-4)23(11-3)31(38-33)17-29(21)37-30;;;/h17-20H,9-16H2,1-8H3;1H;;/q-2;;;. The molecule has 43 heavy (non-hydrogen) atoms. The van der Waals surface area contributed by atoms with E-state index in [4.69, 9.17) is 23.2 Å². The fourth-order valence-corrected chi connectivity index (χ4v) is 6.92. The Morgan fingerprint density at radius 2 is 0.651 bits per heavy atom. The molecule has 0 aromatic carbocycles. The first kappa shape index (κ1) is 34.6. The average Bonchev–Trinajstić information content (AvgIpc) is 3.73. The van der Waals surface area contributed by atoms with Crippen LogP contribution in [0.4, 0.5) is 4.70 Å². The van der Waals surface area contributed by atoms with Gasteiger partial charge >= 0.3 is 24.3 Å². The first-order chi connectivity index (χ1) is 20.5. The number of allylic oxidation sites excluding steroid dienone is 4. The first-order valence-corrected chi connectivity index (χ1v) is 16.7. The molecule has 229 valence electrons. The van der Waals surface area contributed by atoms with Crippen molar-refractivity contribution in [2.45, 2.75) is 107 Å². The number of fused-ring (bicyclic) bond motifs is 8. The third-order valence-corrected chi connectivity index (χ3v) is 8.82. The van der Waals surface area contributed by atoms with Gasteiger partial charge in [-0.2, -0.15) is 0 Å². The molecule has 0 unspecified atom stereocenters. The van der Waals surface area contributed by atoms with Crippen LogP contribution in [0.3, 0.4) is 0 Å². The van der Waals surface area contributed by atoms with Crippen molar-refractivity contribution < 1.29 is 29.0 Å². The zero-order chi connectivity index (χ0) is 30.6. The molecule has 5 nitrogen and oxygen atoms in total. The van der Waals surface area contributed by atoms with Crippen molar-refractivity contribution in [1.29, 1.82) is 0 Å². The molecule has 7 heteroatoms. The van der Waals surface area contributed by atoms with Crippen molar-refractivity contribution in [3.63, 3.8) is 0 Å². The van der Waals surface area contributed by atoms with E-state index in [1.165, 1.54) is 44.5 Å². The summed E-state index contributed by atoms with van der Waals surface area (Å²) in [5.74, 6) is 0. The van der Waals surface area contributed by atoms with Crippen LogP contribution in [-0.2, 0) is 50.0 Å². The minimum absolute atomic E-state index is 0. The van der Waals surface area contributed by atoms with Crippen LogP contribution in [-0.4, -0.2) is 9.97 Å². The molecular formula is C36H45FN4NbO-2. The number of rotatable bonds is 8. The van der Waals surface area contributed by atoms with Gasteiger partial charge in [-0.25, -0.2) is 9.97 Å². The molecule has 0 aliphatic carbocycles. The van der Waals surface area contributed by atoms with Crippen LogP contribution in [0.5, 0.6) is 0 Å². The van der Waals surface area contributed by atoms with Gasteiger partial charge < -0.3 is 9.97 Å². The molecule has 5 rings (SSSR count). The van der Waals surface area contributed by atoms with Gasteiger partial charge in [0.1, 0.15) is 0 Å². The zero-order valence-electron chi connectivity index (χ0n) is 27.0. The van der Waals surface area contributed by atoms with Crippen molar-refractivity contribution in [2.75, 3.05) is 0 Å². The topological polar surface area (TPSA) is 71.1 Å². The molecule has 0 spiro atoms. The predicted octanol–water partition coefficient (Wildman–Crippen LogP) is 9.32. The summed E-state index contributed by atoms with van der Waals surface area (Å²) in [7, 11) is 0. The molecule has 0 saturated carbocycles. The molecule has 2 aliphatic rings. The van der Waals surface area contributed by atoms with Crippen molar-refractivity contribution in [3.8, 4) is 0 Å². The second-order valence-corrected chi connectivity index (χ2v) is 10.8. The molecule has 0 fully saturated rings. The maximum atomic E-state index is 8.30. The molecule has 8 bridgehead atoms.